The van der Waals surface area contributed by atoms with Gasteiger partial charge in [0.15, 0.2) is 0 Å². The maximum atomic E-state index is 3.45. The fourth-order valence-corrected chi connectivity index (χ4v) is 1.96. The van der Waals surface area contributed by atoms with Gasteiger partial charge in [0.2, 0.25) is 0 Å². The van der Waals surface area contributed by atoms with E-state index in [2.05, 4.69) is 72.2 Å². The summed E-state index contributed by atoms with van der Waals surface area (Å²) in [5.74, 6) is 0. The van der Waals surface area contributed by atoms with Crippen molar-refractivity contribution in [3.05, 3.63) is 58.1 Å². The van der Waals surface area contributed by atoms with Crippen LogP contribution in [-0.2, 0) is 0 Å². The molecular formula is C14H13Br. The molecule has 0 saturated heterocycles. The third-order valence-electron chi connectivity index (χ3n) is 2.76. The van der Waals surface area contributed by atoms with E-state index < -0.39 is 0 Å². The zero-order valence-corrected chi connectivity index (χ0v) is 10.5. The molecule has 0 bridgehead atoms. The highest BCUT2D eigenvalue weighted by atomic mass is 79.9. The molecule has 1 heteroatoms. The molecule has 0 aliphatic heterocycles. The van der Waals surface area contributed by atoms with Crippen molar-refractivity contribution in [1.29, 1.82) is 0 Å². The van der Waals surface area contributed by atoms with Crippen molar-refractivity contribution < 1.29 is 0 Å². The number of rotatable bonds is 1. The molecule has 0 fully saturated rings. The largest absolute Gasteiger partial charge is 0.0614 e. The molecule has 76 valence electrons. The van der Waals surface area contributed by atoms with Crippen molar-refractivity contribution in [2.45, 2.75) is 13.8 Å². The van der Waals surface area contributed by atoms with Crippen molar-refractivity contribution in [2.24, 2.45) is 0 Å². The minimum atomic E-state index is 1.12. The van der Waals surface area contributed by atoms with Gasteiger partial charge in [-0.15, -0.1) is 0 Å². The zero-order chi connectivity index (χ0) is 10.8. The van der Waals surface area contributed by atoms with Crippen molar-refractivity contribution in [3.8, 4) is 11.1 Å². The summed E-state index contributed by atoms with van der Waals surface area (Å²) in [6, 6.07) is 14.9. The van der Waals surface area contributed by atoms with Gasteiger partial charge in [-0.3, -0.25) is 0 Å². The summed E-state index contributed by atoms with van der Waals surface area (Å²) in [4.78, 5) is 0. The van der Waals surface area contributed by atoms with Crippen LogP contribution >= 0.6 is 15.9 Å². The van der Waals surface area contributed by atoms with Crippen LogP contribution in [0.15, 0.2) is 46.9 Å². The van der Waals surface area contributed by atoms with Gasteiger partial charge in [0.1, 0.15) is 0 Å². The molecule has 0 aromatic heterocycles. The Labute approximate surface area is 99.1 Å². The van der Waals surface area contributed by atoms with Crippen LogP contribution in [0.2, 0.25) is 0 Å². The molecule has 2 rings (SSSR count). The van der Waals surface area contributed by atoms with E-state index in [-0.39, 0.29) is 0 Å². The Morgan fingerprint density at radius 3 is 2.20 bits per heavy atom. The van der Waals surface area contributed by atoms with E-state index in [0.29, 0.717) is 0 Å². The number of halogens is 1. The molecule has 0 saturated carbocycles. The molecule has 0 spiro atoms. The smallest absolute Gasteiger partial charge is 0.0175 e. The average Bonchev–Trinajstić information content (AvgIpc) is 2.24. The number of hydrogen-bond acceptors (Lipinski definition) is 0. The van der Waals surface area contributed by atoms with Crippen LogP contribution in [0.5, 0.6) is 0 Å². The van der Waals surface area contributed by atoms with Crippen LogP contribution in [-0.4, -0.2) is 0 Å². The van der Waals surface area contributed by atoms with E-state index >= 15 is 0 Å². The van der Waals surface area contributed by atoms with Gasteiger partial charge in [0.05, 0.1) is 0 Å². The highest BCUT2D eigenvalue weighted by Gasteiger charge is 2.02. The third kappa shape index (κ3) is 2.13. The summed E-state index contributed by atoms with van der Waals surface area (Å²) < 4.78 is 1.12. The standard InChI is InChI=1S/C14H13Br/c1-10-4-3-5-14(11(10)2)12-6-8-13(15)9-7-12/h3-9H,1-2H3. The quantitative estimate of drug-likeness (QED) is 0.696. The monoisotopic (exact) mass is 260 g/mol. The molecule has 0 radical (unpaired) electrons. The van der Waals surface area contributed by atoms with E-state index in [9.17, 15) is 0 Å². The van der Waals surface area contributed by atoms with Gasteiger partial charge in [0.25, 0.3) is 0 Å². The average molecular weight is 261 g/mol. The second-order valence-corrected chi connectivity index (χ2v) is 4.67. The van der Waals surface area contributed by atoms with Gasteiger partial charge in [-0.05, 0) is 48.2 Å². The molecule has 2 aromatic rings. The van der Waals surface area contributed by atoms with Crippen LogP contribution in [0.4, 0.5) is 0 Å². The van der Waals surface area contributed by atoms with Crippen molar-refractivity contribution >= 4 is 15.9 Å². The number of aryl methyl sites for hydroxylation is 1. The van der Waals surface area contributed by atoms with Gasteiger partial charge in [-0.1, -0.05) is 46.3 Å². The molecule has 0 aliphatic rings. The molecule has 0 atom stereocenters. The van der Waals surface area contributed by atoms with Gasteiger partial charge in [-0.2, -0.15) is 0 Å². The van der Waals surface area contributed by atoms with Crippen molar-refractivity contribution in [3.63, 3.8) is 0 Å². The molecule has 0 N–H and O–H groups in total. The van der Waals surface area contributed by atoms with Crippen molar-refractivity contribution in [2.75, 3.05) is 0 Å². The van der Waals surface area contributed by atoms with E-state index in [1.807, 2.05) is 0 Å². The molecule has 15 heavy (non-hydrogen) atoms. The van der Waals surface area contributed by atoms with Gasteiger partial charge >= 0.3 is 0 Å². The lowest BCUT2D eigenvalue weighted by Gasteiger charge is -2.08. The fraction of sp³-hybridized carbons (Fsp3) is 0.143. The topological polar surface area (TPSA) is 0 Å². The number of hydrogen-bond donors (Lipinski definition) is 0. The summed E-state index contributed by atoms with van der Waals surface area (Å²) in [7, 11) is 0. The molecule has 0 nitrogen and oxygen atoms in total. The Morgan fingerprint density at radius 2 is 1.53 bits per heavy atom. The Morgan fingerprint density at radius 1 is 0.867 bits per heavy atom. The Hall–Kier alpha value is -1.08. The minimum Gasteiger partial charge on any atom is -0.0614 e. The lowest BCUT2D eigenvalue weighted by molar-refractivity contribution is 1.34. The molecule has 0 unspecified atom stereocenters. The molecule has 0 heterocycles. The summed E-state index contributed by atoms with van der Waals surface area (Å²) in [5, 5.41) is 0. The Kier molecular flexibility index (Phi) is 2.92. The maximum absolute atomic E-state index is 3.45. The predicted molar refractivity (Wildman–Crippen MR) is 69.1 cm³/mol. The Balaban J connectivity index is 2.54. The summed E-state index contributed by atoms with van der Waals surface area (Å²) in [6.07, 6.45) is 0. The Bertz CT molecular complexity index is 469. The summed E-state index contributed by atoms with van der Waals surface area (Å²) >= 11 is 3.45. The third-order valence-corrected chi connectivity index (χ3v) is 3.29. The lowest BCUT2D eigenvalue weighted by atomic mass is 9.97. The normalized spacial score (nSPS) is 10.3. The van der Waals surface area contributed by atoms with E-state index in [4.69, 9.17) is 0 Å². The minimum absolute atomic E-state index is 1.12. The fourth-order valence-electron chi connectivity index (χ4n) is 1.69. The van der Waals surface area contributed by atoms with Crippen molar-refractivity contribution in [1.82, 2.24) is 0 Å². The summed E-state index contributed by atoms with van der Waals surface area (Å²) in [5.41, 5.74) is 5.30. The first-order valence-electron chi connectivity index (χ1n) is 5.00. The van der Waals surface area contributed by atoms with Crippen LogP contribution in [0.1, 0.15) is 11.1 Å². The first-order chi connectivity index (χ1) is 7.18. The van der Waals surface area contributed by atoms with Gasteiger partial charge in [0, 0.05) is 4.47 Å². The molecule has 0 amide bonds. The van der Waals surface area contributed by atoms with Gasteiger partial charge < -0.3 is 0 Å². The van der Waals surface area contributed by atoms with Gasteiger partial charge in [-0.25, -0.2) is 0 Å². The predicted octanol–water partition coefficient (Wildman–Crippen LogP) is 4.73. The van der Waals surface area contributed by atoms with E-state index in [1.165, 1.54) is 22.3 Å². The lowest BCUT2D eigenvalue weighted by Crippen LogP contribution is -1.86. The first kappa shape index (κ1) is 10.4. The van der Waals surface area contributed by atoms with E-state index in [1.54, 1.807) is 0 Å². The van der Waals surface area contributed by atoms with E-state index in [0.717, 1.165) is 4.47 Å². The summed E-state index contributed by atoms with van der Waals surface area (Å²) in [6.45, 7) is 4.32. The van der Waals surface area contributed by atoms with Crippen LogP contribution < -0.4 is 0 Å². The molecule has 0 aliphatic carbocycles. The van der Waals surface area contributed by atoms with Crippen LogP contribution in [0.25, 0.3) is 11.1 Å². The highest BCUT2D eigenvalue weighted by molar-refractivity contribution is 9.10. The maximum Gasteiger partial charge on any atom is 0.0175 e. The number of benzene rings is 2. The van der Waals surface area contributed by atoms with Crippen LogP contribution in [0.3, 0.4) is 0 Å². The SMILES string of the molecule is Cc1cccc(-c2ccc(Br)cc2)c1C. The first-order valence-corrected chi connectivity index (χ1v) is 5.80. The zero-order valence-electron chi connectivity index (χ0n) is 8.92. The molecule has 2 aromatic carbocycles. The van der Waals surface area contributed by atoms with Crippen LogP contribution in [0, 0.1) is 13.8 Å². The second kappa shape index (κ2) is 4.19. The second-order valence-electron chi connectivity index (χ2n) is 3.75. The highest BCUT2D eigenvalue weighted by Crippen LogP contribution is 2.26. The molecular weight excluding hydrogens is 248 g/mol.